The Kier molecular flexibility index (Phi) is 5.36. The lowest BCUT2D eigenvalue weighted by atomic mass is 9.95. The van der Waals surface area contributed by atoms with E-state index in [-0.39, 0.29) is 24.2 Å². The molecule has 2 aliphatic rings. The summed E-state index contributed by atoms with van der Waals surface area (Å²) in [4.78, 5) is 18.8. The molecule has 0 bridgehead atoms. The molecular formula is C18H26FN3O2. The molecule has 2 saturated heterocycles. The zero-order valence-electron chi connectivity index (χ0n) is 14.2. The number of aliphatic hydroxyl groups excluding tert-OH is 1. The summed E-state index contributed by atoms with van der Waals surface area (Å²) in [6, 6.07) is 5.10. The Morgan fingerprint density at radius 2 is 1.83 bits per heavy atom. The fourth-order valence-corrected chi connectivity index (χ4v) is 3.61. The molecule has 0 atom stereocenters. The molecule has 0 aromatic heterocycles. The molecule has 0 aliphatic carbocycles. The van der Waals surface area contributed by atoms with Gasteiger partial charge in [0.1, 0.15) is 0 Å². The minimum Gasteiger partial charge on any atom is -0.392 e. The molecule has 1 aromatic rings. The van der Waals surface area contributed by atoms with Crippen LogP contribution in [0.5, 0.6) is 0 Å². The van der Waals surface area contributed by atoms with E-state index in [0.29, 0.717) is 37.4 Å². The first kappa shape index (κ1) is 17.2. The van der Waals surface area contributed by atoms with Gasteiger partial charge in [0.05, 0.1) is 12.3 Å². The predicted molar refractivity (Wildman–Crippen MR) is 91.3 cm³/mol. The first-order valence-corrected chi connectivity index (χ1v) is 8.70. The topological polar surface area (TPSA) is 47.0 Å². The molecule has 5 nitrogen and oxygen atoms in total. The summed E-state index contributed by atoms with van der Waals surface area (Å²) < 4.78 is 14.4. The number of carbonyl (C=O) groups is 1. The second-order valence-electron chi connectivity index (χ2n) is 6.80. The molecule has 132 valence electrons. The molecule has 2 heterocycles. The highest BCUT2D eigenvalue weighted by Crippen LogP contribution is 2.25. The monoisotopic (exact) mass is 335 g/mol. The fourth-order valence-electron chi connectivity index (χ4n) is 3.61. The van der Waals surface area contributed by atoms with Crippen molar-refractivity contribution >= 4 is 11.6 Å². The zero-order valence-corrected chi connectivity index (χ0v) is 14.2. The van der Waals surface area contributed by atoms with Crippen LogP contribution in [0.25, 0.3) is 0 Å². The Labute approximate surface area is 142 Å². The SMILES string of the molecule is CN1CCC(C(=O)N2CCN(c3cccc(CO)c3F)CC2)CC1. The number of benzene rings is 1. The van der Waals surface area contributed by atoms with Crippen molar-refractivity contribution in [1.82, 2.24) is 9.80 Å². The van der Waals surface area contributed by atoms with Gasteiger partial charge in [-0.25, -0.2) is 4.39 Å². The molecule has 2 aliphatic heterocycles. The third-order valence-corrected chi connectivity index (χ3v) is 5.23. The third kappa shape index (κ3) is 3.54. The highest BCUT2D eigenvalue weighted by atomic mass is 19.1. The summed E-state index contributed by atoms with van der Waals surface area (Å²) in [5, 5.41) is 9.20. The molecule has 6 heteroatoms. The van der Waals surface area contributed by atoms with E-state index in [4.69, 9.17) is 0 Å². The van der Waals surface area contributed by atoms with Gasteiger partial charge < -0.3 is 19.8 Å². The number of likely N-dealkylation sites (tertiary alicyclic amines) is 1. The van der Waals surface area contributed by atoms with E-state index >= 15 is 0 Å². The van der Waals surface area contributed by atoms with Gasteiger partial charge in [-0.1, -0.05) is 12.1 Å². The van der Waals surface area contributed by atoms with Crippen molar-refractivity contribution in [2.45, 2.75) is 19.4 Å². The summed E-state index contributed by atoms with van der Waals surface area (Å²) in [5.41, 5.74) is 0.838. The van der Waals surface area contributed by atoms with Crippen LogP contribution in [0.15, 0.2) is 18.2 Å². The number of amides is 1. The lowest BCUT2D eigenvalue weighted by Crippen LogP contribution is -2.51. The van der Waals surface area contributed by atoms with Crippen molar-refractivity contribution < 1.29 is 14.3 Å². The van der Waals surface area contributed by atoms with E-state index in [2.05, 4.69) is 11.9 Å². The molecule has 0 radical (unpaired) electrons. The van der Waals surface area contributed by atoms with Crippen LogP contribution < -0.4 is 4.90 Å². The normalized spacial score (nSPS) is 20.5. The Morgan fingerprint density at radius 3 is 2.46 bits per heavy atom. The quantitative estimate of drug-likeness (QED) is 0.905. The van der Waals surface area contributed by atoms with E-state index < -0.39 is 0 Å². The Morgan fingerprint density at radius 1 is 1.17 bits per heavy atom. The average molecular weight is 335 g/mol. The summed E-state index contributed by atoms with van der Waals surface area (Å²) in [6.07, 6.45) is 1.87. The van der Waals surface area contributed by atoms with Gasteiger partial charge >= 0.3 is 0 Å². The Hall–Kier alpha value is -1.66. The van der Waals surface area contributed by atoms with Crippen LogP contribution in [0.4, 0.5) is 10.1 Å². The van der Waals surface area contributed by atoms with Gasteiger partial charge in [0.15, 0.2) is 5.82 Å². The van der Waals surface area contributed by atoms with Crippen molar-refractivity contribution in [2.75, 3.05) is 51.2 Å². The number of aliphatic hydroxyl groups is 1. The molecule has 0 saturated carbocycles. The second kappa shape index (κ2) is 7.49. The molecule has 0 unspecified atom stereocenters. The number of piperazine rings is 1. The zero-order chi connectivity index (χ0) is 17.1. The van der Waals surface area contributed by atoms with Gasteiger partial charge in [-0.05, 0) is 39.0 Å². The van der Waals surface area contributed by atoms with E-state index in [0.717, 1.165) is 25.9 Å². The third-order valence-electron chi connectivity index (χ3n) is 5.23. The number of hydrogen-bond acceptors (Lipinski definition) is 4. The van der Waals surface area contributed by atoms with Crippen LogP contribution in [-0.2, 0) is 11.4 Å². The van der Waals surface area contributed by atoms with Gasteiger partial charge in [0.25, 0.3) is 0 Å². The highest BCUT2D eigenvalue weighted by molar-refractivity contribution is 5.79. The van der Waals surface area contributed by atoms with Crippen molar-refractivity contribution in [3.05, 3.63) is 29.6 Å². The van der Waals surface area contributed by atoms with Crippen molar-refractivity contribution in [3.63, 3.8) is 0 Å². The van der Waals surface area contributed by atoms with Gasteiger partial charge in [0.2, 0.25) is 5.91 Å². The molecule has 3 rings (SSSR count). The molecule has 2 fully saturated rings. The van der Waals surface area contributed by atoms with Crippen LogP contribution >= 0.6 is 0 Å². The standard InChI is InChI=1S/C18H26FN3O2/c1-20-7-5-14(6-8-20)18(24)22-11-9-21(10-12-22)16-4-2-3-15(13-23)17(16)19/h2-4,14,23H,5-13H2,1H3. The summed E-state index contributed by atoms with van der Waals surface area (Å²) >= 11 is 0. The lowest BCUT2D eigenvalue weighted by molar-refractivity contribution is -0.137. The van der Waals surface area contributed by atoms with Crippen molar-refractivity contribution in [2.24, 2.45) is 5.92 Å². The van der Waals surface area contributed by atoms with Crippen LogP contribution in [0.3, 0.4) is 0 Å². The first-order chi connectivity index (χ1) is 11.6. The van der Waals surface area contributed by atoms with E-state index in [1.807, 2.05) is 9.80 Å². The number of hydrogen-bond donors (Lipinski definition) is 1. The van der Waals surface area contributed by atoms with E-state index in [1.54, 1.807) is 18.2 Å². The molecule has 24 heavy (non-hydrogen) atoms. The van der Waals surface area contributed by atoms with Crippen LogP contribution in [0.1, 0.15) is 18.4 Å². The fraction of sp³-hybridized carbons (Fsp3) is 0.611. The lowest BCUT2D eigenvalue weighted by Gasteiger charge is -2.39. The number of carbonyl (C=O) groups excluding carboxylic acids is 1. The summed E-state index contributed by atoms with van der Waals surface area (Å²) in [5.74, 6) is 0.0460. The second-order valence-corrected chi connectivity index (χ2v) is 6.80. The molecular weight excluding hydrogens is 309 g/mol. The molecule has 1 N–H and O–H groups in total. The summed E-state index contributed by atoms with van der Waals surface area (Å²) in [6.45, 7) is 4.19. The van der Waals surface area contributed by atoms with Gasteiger partial charge in [-0.15, -0.1) is 0 Å². The van der Waals surface area contributed by atoms with Gasteiger partial charge in [0, 0.05) is 37.7 Å². The molecule has 1 amide bonds. The number of piperidine rings is 1. The first-order valence-electron chi connectivity index (χ1n) is 8.70. The maximum atomic E-state index is 14.4. The highest BCUT2D eigenvalue weighted by Gasteiger charge is 2.30. The predicted octanol–water partition coefficient (Wildman–Crippen LogP) is 1.31. The van der Waals surface area contributed by atoms with E-state index in [9.17, 15) is 14.3 Å². The minimum absolute atomic E-state index is 0.141. The molecule has 1 aromatic carbocycles. The summed E-state index contributed by atoms with van der Waals surface area (Å²) in [7, 11) is 2.09. The largest absolute Gasteiger partial charge is 0.392 e. The maximum Gasteiger partial charge on any atom is 0.225 e. The Balaban J connectivity index is 1.59. The van der Waals surface area contributed by atoms with Crippen LogP contribution in [-0.4, -0.2) is 67.1 Å². The van der Waals surface area contributed by atoms with Crippen LogP contribution in [0.2, 0.25) is 0 Å². The van der Waals surface area contributed by atoms with Crippen molar-refractivity contribution in [3.8, 4) is 0 Å². The number of nitrogens with zero attached hydrogens (tertiary/aromatic N) is 3. The van der Waals surface area contributed by atoms with E-state index in [1.165, 1.54) is 0 Å². The van der Waals surface area contributed by atoms with Crippen LogP contribution in [0, 0.1) is 11.7 Å². The number of halogens is 1. The average Bonchev–Trinajstić information content (AvgIpc) is 2.62. The van der Waals surface area contributed by atoms with Crippen molar-refractivity contribution in [1.29, 1.82) is 0 Å². The minimum atomic E-state index is -0.352. The molecule has 0 spiro atoms. The smallest absolute Gasteiger partial charge is 0.225 e. The number of anilines is 1. The number of rotatable bonds is 3. The Bertz CT molecular complexity index is 580. The maximum absolute atomic E-state index is 14.4. The van der Waals surface area contributed by atoms with Gasteiger partial charge in [-0.3, -0.25) is 4.79 Å². The van der Waals surface area contributed by atoms with Gasteiger partial charge in [-0.2, -0.15) is 0 Å².